The second kappa shape index (κ2) is 4.71. The molecule has 0 bridgehead atoms. The van der Waals surface area contributed by atoms with Crippen molar-refractivity contribution in [2.24, 2.45) is 0 Å². The number of nitrogens with zero attached hydrogens (tertiary/aromatic N) is 1. The van der Waals surface area contributed by atoms with Crippen LogP contribution in [-0.2, 0) is 19.2 Å². The standard InChI is InChI=1S/C7H13NO4S/c1-2-5-12-13(9,10)8-3-6-11-7-4-8/h2H,1,3-7H2. The van der Waals surface area contributed by atoms with Crippen molar-refractivity contribution in [3.05, 3.63) is 12.7 Å². The third-order valence-electron chi connectivity index (χ3n) is 1.62. The molecule has 13 heavy (non-hydrogen) atoms. The Bertz CT molecular complexity index is 256. The van der Waals surface area contributed by atoms with Gasteiger partial charge in [0.05, 0.1) is 19.8 Å². The predicted molar refractivity (Wildman–Crippen MR) is 47.5 cm³/mol. The van der Waals surface area contributed by atoms with Gasteiger partial charge in [0.1, 0.15) is 0 Å². The first-order valence-electron chi connectivity index (χ1n) is 4.00. The minimum absolute atomic E-state index is 0.0136. The molecule has 0 aromatic rings. The van der Waals surface area contributed by atoms with E-state index < -0.39 is 10.3 Å². The van der Waals surface area contributed by atoms with Crippen molar-refractivity contribution in [1.82, 2.24) is 4.31 Å². The van der Waals surface area contributed by atoms with E-state index in [4.69, 9.17) is 4.74 Å². The fourth-order valence-electron chi connectivity index (χ4n) is 0.979. The minimum Gasteiger partial charge on any atom is -0.379 e. The molecule has 5 nitrogen and oxygen atoms in total. The van der Waals surface area contributed by atoms with Gasteiger partial charge < -0.3 is 4.74 Å². The van der Waals surface area contributed by atoms with Gasteiger partial charge >= 0.3 is 10.3 Å². The Kier molecular flexibility index (Phi) is 3.86. The van der Waals surface area contributed by atoms with E-state index in [1.807, 2.05) is 0 Å². The molecule has 0 unspecified atom stereocenters. The molecular weight excluding hydrogens is 194 g/mol. The Hall–Kier alpha value is -0.430. The smallest absolute Gasteiger partial charge is 0.338 e. The summed E-state index contributed by atoms with van der Waals surface area (Å²) in [4.78, 5) is 0. The van der Waals surface area contributed by atoms with Crippen LogP contribution in [0.15, 0.2) is 12.7 Å². The van der Waals surface area contributed by atoms with Crippen molar-refractivity contribution in [2.45, 2.75) is 0 Å². The Morgan fingerprint density at radius 2 is 2.08 bits per heavy atom. The van der Waals surface area contributed by atoms with Crippen molar-refractivity contribution < 1.29 is 17.3 Å². The summed E-state index contributed by atoms with van der Waals surface area (Å²) in [5.74, 6) is 0. The molecule has 0 radical (unpaired) electrons. The zero-order chi connectivity index (χ0) is 9.73. The first-order chi connectivity index (χ1) is 6.17. The molecule has 0 aromatic carbocycles. The summed E-state index contributed by atoms with van der Waals surface area (Å²) in [6.07, 6.45) is 1.40. The highest BCUT2D eigenvalue weighted by Gasteiger charge is 2.24. The van der Waals surface area contributed by atoms with Gasteiger partial charge in [-0.3, -0.25) is 4.18 Å². The number of hydrogen-bond donors (Lipinski definition) is 0. The molecule has 1 aliphatic rings. The van der Waals surface area contributed by atoms with Gasteiger partial charge in [-0.15, -0.1) is 6.58 Å². The van der Waals surface area contributed by atoms with Crippen LogP contribution >= 0.6 is 0 Å². The maximum Gasteiger partial charge on any atom is 0.338 e. The molecule has 0 aliphatic carbocycles. The molecule has 0 aromatic heterocycles. The van der Waals surface area contributed by atoms with Gasteiger partial charge in [0, 0.05) is 13.1 Å². The van der Waals surface area contributed by atoms with E-state index in [-0.39, 0.29) is 6.61 Å². The monoisotopic (exact) mass is 207 g/mol. The topological polar surface area (TPSA) is 55.8 Å². The van der Waals surface area contributed by atoms with Crippen molar-refractivity contribution >= 4 is 10.3 Å². The maximum absolute atomic E-state index is 11.3. The van der Waals surface area contributed by atoms with E-state index in [1.165, 1.54) is 10.4 Å². The summed E-state index contributed by atoms with van der Waals surface area (Å²) in [5.41, 5.74) is 0. The van der Waals surface area contributed by atoms with E-state index in [0.717, 1.165) is 0 Å². The second-order valence-electron chi connectivity index (χ2n) is 2.54. The molecule has 6 heteroatoms. The van der Waals surface area contributed by atoms with E-state index in [0.29, 0.717) is 26.3 Å². The lowest BCUT2D eigenvalue weighted by atomic mass is 10.5. The summed E-state index contributed by atoms with van der Waals surface area (Å²) < 4.78 is 33.6. The van der Waals surface area contributed by atoms with Crippen molar-refractivity contribution in [3.63, 3.8) is 0 Å². The molecule has 0 amide bonds. The van der Waals surface area contributed by atoms with E-state index in [9.17, 15) is 8.42 Å². The lowest BCUT2D eigenvalue weighted by Crippen LogP contribution is -2.41. The molecular formula is C7H13NO4S. The zero-order valence-electron chi connectivity index (χ0n) is 7.31. The predicted octanol–water partition coefficient (Wildman–Crippen LogP) is -0.234. The molecule has 1 aliphatic heterocycles. The third kappa shape index (κ3) is 3.07. The van der Waals surface area contributed by atoms with Crippen LogP contribution < -0.4 is 0 Å². The highest BCUT2D eigenvalue weighted by molar-refractivity contribution is 7.84. The average molecular weight is 207 g/mol. The van der Waals surface area contributed by atoms with Gasteiger partial charge in [0.2, 0.25) is 0 Å². The molecule has 0 spiro atoms. The van der Waals surface area contributed by atoms with Gasteiger partial charge in [0.25, 0.3) is 0 Å². The Morgan fingerprint density at radius 3 is 2.62 bits per heavy atom. The van der Waals surface area contributed by atoms with Crippen LogP contribution in [0.1, 0.15) is 0 Å². The summed E-state index contributed by atoms with van der Waals surface area (Å²) >= 11 is 0. The van der Waals surface area contributed by atoms with Crippen LogP contribution in [0.2, 0.25) is 0 Å². The highest BCUT2D eigenvalue weighted by Crippen LogP contribution is 2.06. The fraction of sp³-hybridized carbons (Fsp3) is 0.714. The van der Waals surface area contributed by atoms with Crippen LogP contribution in [0.3, 0.4) is 0 Å². The Balaban J connectivity index is 2.51. The van der Waals surface area contributed by atoms with Crippen molar-refractivity contribution in [2.75, 3.05) is 32.9 Å². The largest absolute Gasteiger partial charge is 0.379 e. The highest BCUT2D eigenvalue weighted by atomic mass is 32.2. The Labute approximate surface area is 78.2 Å². The van der Waals surface area contributed by atoms with Crippen LogP contribution in [0.5, 0.6) is 0 Å². The summed E-state index contributed by atoms with van der Waals surface area (Å²) in [6, 6.07) is 0. The van der Waals surface area contributed by atoms with Gasteiger partial charge in [-0.2, -0.15) is 12.7 Å². The number of morpholine rings is 1. The zero-order valence-corrected chi connectivity index (χ0v) is 8.12. The lowest BCUT2D eigenvalue weighted by molar-refractivity contribution is 0.0674. The first-order valence-corrected chi connectivity index (χ1v) is 5.36. The van der Waals surface area contributed by atoms with Gasteiger partial charge in [-0.05, 0) is 0 Å². The quantitative estimate of drug-likeness (QED) is 0.597. The molecule has 0 atom stereocenters. The number of hydrogen-bond acceptors (Lipinski definition) is 4. The molecule has 0 saturated carbocycles. The molecule has 76 valence electrons. The summed E-state index contributed by atoms with van der Waals surface area (Å²) in [6.45, 7) is 4.97. The lowest BCUT2D eigenvalue weighted by Gasteiger charge is -2.24. The van der Waals surface area contributed by atoms with Crippen molar-refractivity contribution in [3.8, 4) is 0 Å². The first kappa shape index (κ1) is 10.6. The third-order valence-corrected chi connectivity index (χ3v) is 3.05. The second-order valence-corrected chi connectivity index (χ2v) is 4.15. The Morgan fingerprint density at radius 1 is 1.46 bits per heavy atom. The van der Waals surface area contributed by atoms with Crippen molar-refractivity contribution in [1.29, 1.82) is 0 Å². The maximum atomic E-state index is 11.3. The molecule has 0 N–H and O–H groups in total. The van der Waals surface area contributed by atoms with E-state index >= 15 is 0 Å². The number of rotatable bonds is 4. The molecule has 1 fully saturated rings. The SMILES string of the molecule is C=CCOS(=O)(=O)N1CCOCC1. The average Bonchev–Trinajstić information content (AvgIpc) is 2.16. The molecule has 1 rings (SSSR count). The van der Waals surface area contributed by atoms with Gasteiger partial charge in [-0.25, -0.2) is 0 Å². The van der Waals surface area contributed by atoms with Crippen LogP contribution in [0, 0.1) is 0 Å². The van der Waals surface area contributed by atoms with Crippen LogP contribution in [0.25, 0.3) is 0 Å². The van der Waals surface area contributed by atoms with E-state index in [1.54, 1.807) is 0 Å². The summed E-state index contributed by atoms with van der Waals surface area (Å²) in [7, 11) is -3.56. The normalized spacial score (nSPS) is 20.0. The van der Waals surface area contributed by atoms with Gasteiger partial charge in [-0.1, -0.05) is 6.08 Å². The van der Waals surface area contributed by atoms with E-state index in [2.05, 4.69) is 10.8 Å². The number of ether oxygens (including phenoxy) is 1. The molecule has 1 heterocycles. The van der Waals surface area contributed by atoms with Crippen LogP contribution in [0.4, 0.5) is 0 Å². The fourth-order valence-corrected chi connectivity index (χ4v) is 1.99. The van der Waals surface area contributed by atoms with Crippen LogP contribution in [-0.4, -0.2) is 45.6 Å². The molecule has 1 saturated heterocycles. The summed E-state index contributed by atoms with van der Waals surface area (Å²) in [5, 5.41) is 0. The minimum atomic E-state index is -3.56. The van der Waals surface area contributed by atoms with Gasteiger partial charge in [0.15, 0.2) is 0 Å².